The zero-order valence-corrected chi connectivity index (χ0v) is 9.45. The third-order valence-corrected chi connectivity index (χ3v) is 2.37. The van der Waals surface area contributed by atoms with Gasteiger partial charge < -0.3 is 15.2 Å². The van der Waals surface area contributed by atoms with E-state index in [0.29, 0.717) is 6.54 Å². The highest BCUT2D eigenvalue weighted by atomic mass is 16.5. The third-order valence-electron chi connectivity index (χ3n) is 2.37. The minimum Gasteiger partial charge on any atom is -0.381 e. The summed E-state index contributed by atoms with van der Waals surface area (Å²) in [7, 11) is 0. The van der Waals surface area contributed by atoms with Crippen molar-refractivity contribution in [2.75, 3.05) is 39.4 Å². The van der Waals surface area contributed by atoms with Crippen molar-refractivity contribution in [3.05, 3.63) is 0 Å². The van der Waals surface area contributed by atoms with Gasteiger partial charge in [0.05, 0.1) is 13.2 Å². The predicted octanol–water partition coefficient (Wildman–Crippen LogP) is -0.794. The molecule has 15 heavy (non-hydrogen) atoms. The number of aliphatic hydroxyl groups is 1. The molecule has 5 nitrogen and oxygen atoms in total. The van der Waals surface area contributed by atoms with E-state index in [1.165, 1.54) is 13.8 Å². The number of morpholine rings is 1. The summed E-state index contributed by atoms with van der Waals surface area (Å²) in [4.78, 5) is 13.5. The van der Waals surface area contributed by atoms with Crippen molar-refractivity contribution in [3.63, 3.8) is 0 Å². The van der Waals surface area contributed by atoms with Gasteiger partial charge in [0, 0.05) is 26.2 Å². The van der Waals surface area contributed by atoms with E-state index >= 15 is 0 Å². The van der Waals surface area contributed by atoms with E-state index in [9.17, 15) is 9.90 Å². The molecule has 88 valence electrons. The number of carbonyl (C=O) groups is 1. The molecule has 0 bridgehead atoms. The van der Waals surface area contributed by atoms with E-state index in [1.54, 1.807) is 0 Å². The molecule has 0 unspecified atom stereocenters. The van der Waals surface area contributed by atoms with E-state index in [-0.39, 0.29) is 5.91 Å². The summed E-state index contributed by atoms with van der Waals surface area (Å²) in [6, 6.07) is 0. The molecular formula is C10H20N2O3. The van der Waals surface area contributed by atoms with E-state index in [0.717, 1.165) is 32.8 Å². The van der Waals surface area contributed by atoms with Gasteiger partial charge in [-0.15, -0.1) is 0 Å². The Morgan fingerprint density at radius 3 is 2.60 bits per heavy atom. The lowest BCUT2D eigenvalue weighted by molar-refractivity contribution is -0.136. The zero-order valence-electron chi connectivity index (χ0n) is 9.45. The van der Waals surface area contributed by atoms with Crippen LogP contribution >= 0.6 is 0 Å². The highest BCUT2D eigenvalue weighted by Crippen LogP contribution is 2.00. The highest BCUT2D eigenvalue weighted by Gasteiger charge is 2.23. The van der Waals surface area contributed by atoms with Gasteiger partial charge in [0.2, 0.25) is 0 Å². The fourth-order valence-corrected chi connectivity index (χ4v) is 1.37. The summed E-state index contributed by atoms with van der Waals surface area (Å²) in [5, 5.41) is 12.1. The average molecular weight is 216 g/mol. The Bertz CT molecular complexity index is 207. The molecule has 0 aromatic heterocycles. The maximum absolute atomic E-state index is 11.3. The van der Waals surface area contributed by atoms with Gasteiger partial charge >= 0.3 is 0 Å². The van der Waals surface area contributed by atoms with Crippen LogP contribution in [0.4, 0.5) is 0 Å². The maximum Gasteiger partial charge on any atom is 0.251 e. The van der Waals surface area contributed by atoms with Gasteiger partial charge in [-0.1, -0.05) is 0 Å². The number of amides is 1. The Balaban J connectivity index is 2.12. The van der Waals surface area contributed by atoms with Gasteiger partial charge in [-0.05, 0) is 13.8 Å². The van der Waals surface area contributed by atoms with Gasteiger partial charge in [0.25, 0.3) is 5.91 Å². The largest absolute Gasteiger partial charge is 0.381 e. The molecule has 1 aliphatic heterocycles. The first-order chi connectivity index (χ1) is 7.00. The van der Waals surface area contributed by atoms with Crippen LogP contribution in [-0.2, 0) is 9.53 Å². The Morgan fingerprint density at radius 1 is 1.47 bits per heavy atom. The van der Waals surface area contributed by atoms with E-state index in [2.05, 4.69) is 10.2 Å². The summed E-state index contributed by atoms with van der Waals surface area (Å²) in [6.07, 6.45) is 0. The molecule has 1 saturated heterocycles. The molecule has 1 heterocycles. The van der Waals surface area contributed by atoms with Crippen LogP contribution in [-0.4, -0.2) is 60.9 Å². The summed E-state index contributed by atoms with van der Waals surface area (Å²) in [5.74, 6) is -0.323. The predicted molar refractivity (Wildman–Crippen MR) is 56.6 cm³/mol. The Kier molecular flexibility index (Phi) is 4.50. The lowest BCUT2D eigenvalue weighted by Gasteiger charge is -2.27. The molecule has 0 aromatic rings. The van der Waals surface area contributed by atoms with Crippen molar-refractivity contribution in [3.8, 4) is 0 Å². The van der Waals surface area contributed by atoms with Crippen LogP contribution in [0.5, 0.6) is 0 Å². The highest BCUT2D eigenvalue weighted by molar-refractivity contribution is 5.83. The summed E-state index contributed by atoms with van der Waals surface area (Å²) < 4.78 is 5.21. The van der Waals surface area contributed by atoms with Crippen LogP contribution < -0.4 is 5.32 Å². The van der Waals surface area contributed by atoms with Crippen molar-refractivity contribution < 1.29 is 14.6 Å². The van der Waals surface area contributed by atoms with Crippen molar-refractivity contribution in [2.45, 2.75) is 19.4 Å². The summed E-state index contributed by atoms with van der Waals surface area (Å²) >= 11 is 0. The van der Waals surface area contributed by atoms with E-state index in [1.807, 2.05) is 0 Å². The second kappa shape index (κ2) is 5.44. The number of carbonyl (C=O) groups excluding carboxylic acids is 1. The Hall–Kier alpha value is -0.650. The number of rotatable bonds is 4. The van der Waals surface area contributed by atoms with Crippen LogP contribution in [0.2, 0.25) is 0 Å². The van der Waals surface area contributed by atoms with Gasteiger partial charge in [0.15, 0.2) is 0 Å². The standard InChI is InChI=1S/C10H20N2O3/c1-10(2,14)9(13)11-3-4-12-5-7-15-8-6-12/h14H,3-8H2,1-2H3,(H,11,13). The van der Waals surface area contributed by atoms with Crippen LogP contribution in [0.1, 0.15) is 13.8 Å². The second-order valence-corrected chi connectivity index (χ2v) is 4.27. The smallest absolute Gasteiger partial charge is 0.251 e. The Labute approximate surface area is 90.4 Å². The molecule has 0 atom stereocenters. The molecule has 1 amide bonds. The first-order valence-corrected chi connectivity index (χ1v) is 5.31. The fraction of sp³-hybridized carbons (Fsp3) is 0.900. The van der Waals surface area contributed by atoms with Crippen LogP contribution in [0.15, 0.2) is 0 Å². The number of ether oxygens (including phenoxy) is 1. The Morgan fingerprint density at radius 2 is 2.07 bits per heavy atom. The summed E-state index contributed by atoms with van der Waals surface area (Å²) in [5.41, 5.74) is -1.29. The van der Waals surface area contributed by atoms with Crippen molar-refractivity contribution in [1.82, 2.24) is 10.2 Å². The van der Waals surface area contributed by atoms with Crippen molar-refractivity contribution >= 4 is 5.91 Å². The zero-order chi connectivity index (χ0) is 11.3. The molecule has 0 spiro atoms. The van der Waals surface area contributed by atoms with Crippen molar-refractivity contribution in [2.24, 2.45) is 0 Å². The fourth-order valence-electron chi connectivity index (χ4n) is 1.37. The SMILES string of the molecule is CC(C)(O)C(=O)NCCN1CCOCC1. The van der Waals surface area contributed by atoms with Gasteiger partial charge in [-0.3, -0.25) is 9.69 Å². The van der Waals surface area contributed by atoms with E-state index in [4.69, 9.17) is 4.74 Å². The minimum absolute atomic E-state index is 0.323. The minimum atomic E-state index is -1.29. The molecule has 0 aromatic carbocycles. The monoisotopic (exact) mass is 216 g/mol. The summed E-state index contributed by atoms with van der Waals surface area (Å²) in [6.45, 7) is 7.71. The number of nitrogens with zero attached hydrogens (tertiary/aromatic N) is 1. The maximum atomic E-state index is 11.3. The van der Waals surface area contributed by atoms with E-state index < -0.39 is 5.60 Å². The van der Waals surface area contributed by atoms with Crippen LogP contribution in [0.3, 0.4) is 0 Å². The molecule has 2 N–H and O–H groups in total. The molecule has 1 fully saturated rings. The van der Waals surface area contributed by atoms with Crippen LogP contribution in [0, 0.1) is 0 Å². The molecular weight excluding hydrogens is 196 g/mol. The molecule has 0 radical (unpaired) electrons. The van der Waals surface area contributed by atoms with Gasteiger partial charge in [-0.25, -0.2) is 0 Å². The number of hydrogen-bond donors (Lipinski definition) is 2. The topological polar surface area (TPSA) is 61.8 Å². The molecule has 1 rings (SSSR count). The molecule has 0 aliphatic carbocycles. The first kappa shape index (κ1) is 12.4. The average Bonchev–Trinajstić information content (AvgIpc) is 2.18. The first-order valence-electron chi connectivity index (χ1n) is 5.31. The number of nitrogens with one attached hydrogen (secondary N) is 1. The van der Waals surface area contributed by atoms with Gasteiger partial charge in [0.1, 0.15) is 5.60 Å². The molecule has 0 saturated carbocycles. The molecule has 1 aliphatic rings. The second-order valence-electron chi connectivity index (χ2n) is 4.27. The normalized spacial score (nSPS) is 18.9. The van der Waals surface area contributed by atoms with Crippen LogP contribution in [0.25, 0.3) is 0 Å². The lowest BCUT2D eigenvalue weighted by Crippen LogP contribution is -2.46. The number of hydrogen-bond acceptors (Lipinski definition) is 4. The molecule has 5 heteroatoms. The third kappa shape index (κ3) is 4.59. The van der Waals surface area contributed by atoms with Gasteiger partial charge in [-0.2, -0.15) is 0 Å². The quantitative estimate of drug-likeness (QED) is 0.646. The lowest BCUT2D eigenvalue weighted by atomic mass is 10.1. The van der Waals surface area contributed by atoms with Crippen molar-refractivity contribution in [1.29, 1.82) is 0 Å².